The number of carbonyl (C=O) groups excluding carboxylic acids is 1. The van der Waals surface area contributed by atoms with E-state index in [4.69, 9.17) is 4.74 Å². The van der Waals surface area contributed by atoms with Gasteiger partial charge in [0.25, 0.3) is 0 Å². The lowest BCUT2D eigenvalue weighted by Crippen LogP contribution is -2.24. The first kappa shape index (κ1) is 25.4. The van der Waals surface area contributed by atoms with Crippen LogP contribution in [-0.2, 0) is 4.74 Å². The normalized spacial score (nSPS) is 16.0. The van der Waals surface area contributed by atoms with E-state index in [1.54, 1.807) is 7.11 Å². The van der Waals surface area contributed by atoms with E-state index >= 15 is 0 Å². The summed E-state index contributed by atoms with van der Waals surface area (Å²) in [5, 5.41) is 3.33. The highest BCUT2D eigenvalue weighted by Crippen LogP contribution is 2.31. The second-order valence-electron chi connectivity index (χ2n) is 9.49. The first-order valence-corrected chi connectivity index (χ1v) is 12.7. The second kappa shape index (κ2) is 14.1. The third-order valence-electron chi connectivity index (χ3n) is 6.84. The van der Waals surface area contributed by atoms with E-state index in [2.05, 4.69) is 47.8 Å². The molecule has 0 amide bonds. The number of allylic oxidation sites excluding steroid dienone is 1. The minimum absolute atomic E-state index is 0.264. The van der Waals surface area contributed by atoms with Gasteiger partial charge in [-0.1, -0.05) is 86.7 Å². The van der Waals surface area contributed by atoms with Gasteiger partial charge in [-0.05, 0) is 67.5 Å². The summed E-state index contributed by atoms with van der Waals surface area (Å²) >= 11 is 0. The zero-order valence-electron chi connectivity index (χ0n) is 20.5. The average molecular weight is 448 g/mol. The number of hydrogen-bond donors (Lipinski definition) is 1. The van der Waals surface area contributed by atoms with Crippen molar-refractivity contribution in [2.75, 3.05) is 27.3 Å². The van der Waals surface area contributed by atoms with Gasteiger partial charge < -0.3 is 10.1 Å². The summed E-state index contributed by atoms with van der Waals surface area (Å²) < 4.78 is 5.22. The van der Waals surface area contributed by atoms with E-state index in [1.807, 2.05) is 25.2 Å². The molecule has 33 heavy (non-hydrogen) atoms. The number of ether oxygens (including phenoxy) is 1. The lowest BCUT2D eigenvalue weighted by atomic mass is 9.81. The zero-order valence-corrected chi connectivity index (χ0v) is 20.5. The van der Waals surface area contributed by atoms with Crippen molar-refractivity contribution in [2.45, 2.75) is 57.8 Å². The molecule has 2 aromatic carbocycles. The monoisotopic (exact) mass is 447 g/mol. The van der Waals surface area contributed by atoms with E-state index in [0.717, 1.165) is 43.0 Å². The van der Waals surface area contributed by atoms with Crippen LogP contribution < -0.4 is 5.32 Å². The number of rotatable bonds is 13. The summed E-state index contributed by atoms with van der Waals surface area (Å²) in [5.41, 5.74) is 4.32. The molecule has 1 fully saturated rings. The molecule has 3 rings (SSSR count). The van der Waals surface area contributed by atoms with E-state index in [9.17, 15) is 4.79 Å². The maximum Gasteiger partial charge on any atom is 0.163 e. The summed E-state index contributed by atoms with van der Waals surface area (Å²) in [6.07, 6.45) is 12.8. The Kier molecular flexibility index (Phi) is 10.9. The zero-order chi connectivity index (χ0) is 23.3. The van der Waals surface area contributed by atoms with Crippen molar-refractivity contribution < 1.29 is 9.53 Å². The van der Waals surface area contributed by atoms with Gasteiger partial charge in [0.1, 0.15) is 0 Å². The molecule has 3 heteroatoms. The van der Waals surface area contributed by atoms with Gasteiger partial charge in [-0.25, -0.2) is 0 Å². The van der Waals surface area contributed by atoms with Crippen LogP contribution in [-0.4, -0.2) is 33.1 Å². The predicted octanol–water partition coefficient (Wildman–Crippen LogP) is 6.92. The highest BCUT2D eigenvalue weighted by atomic mass is 16.5. The Labute approximate surface area is 200 Å². The van der Waals surface area contributed by atoms with Crippen LogP contribution in [0, 0.1) is 11.8 Å². The van der Waals surface area contributed by atoms with Crippen LogP contribution in [0.25, 0.3) is 5.57 Å². The predicted molar refractivity (Wildman–Crippen MR) is 139 cm³/mol. The Morgan fingerprint density at radius 3 is 2.48 bits per heavy atom. The highest BCUT2D eigenvalue weighted by Gasteiger charge is 2.21. The van der Waals surface area contributed by atoms with Gasteiger partial charge >= 0.3 is 0 Å². The van der Waals surface area contributed by atoms with Gasteiger partial charge in [-0.2, -0.15) is 0 Å². The Morgan fingerprint density at radius 2 is 1.76 bits per heavy atom. The third-order valence-corrected chi connectivity index (χ3v) is 6.84. The van der Waals surface area contributed by atoms with E-state index in [-0.39, 0.29) is 5.78 Å². The number of nitrogens with one attached hydrogen (secondary N) is 1. The Bertz CT molecular complexity index is 868. The Morgan fingerprint density at radius 1 is 1.03 bits per heavy atom. The van der Waals surface area contributed by atoms with Crippen LogP contribution in [0.5, 0.6) is 0 Å². The largest absolute Gasteiger partial charge is 0.385 e. The lowest BCUT2D eigenvalue weighted by Gasteiger charge is -2.26. The number of ketones is 1. The molecule has 178 valence electrons. The van der Waals surface area contributed by atoms with E-state index in [1.165, 1.54) is 49.7 Å². The molecule has 2 aromatic rings. The molecule has 1 aliphatic rings. The van der Waals surface area contributed by atoms with E-state index < -0.39 is 0 Å². The molecular weight excluding hydrogens is 406 g/mol. The standard InChI is InChI=1S/C30H41NO2/c1-31-23-25(20-24-12-5-3-6-13-24)21-30(32)28-17-11-16-27(22-28)29(18-9-10-19-33-2)26-14-7-4-8-15-26/h4,7-8,11,14-18,22,24-25,31H,3,5-6,9-10,12-13,19-21,23H2,1-2H3/b29-18-/t25-/m1/s1. The number of hydrogen-bond acceptors (Lipinski definition) is 3. The quantitative estimate of drug-likeness (QED) is 0.267. The molecular formula is C30H41NO2. The molecule has 0 unspecified atom stereocenters. The first-order chi connectivity index (χ1) is 16.2. The molecule has 1 aliphatic carbocycles. The topological polar surface area (TPSA) is 38.3 Å². The number of benzene rings is 2. The van der Waals surface area contributed by atoms with Gasteiger partial charge in [0.15, 0.2) is 5.78 Å². The van der Waals surface area contributed by atoms with Crippen LogP contribution in [0.2, 0.25) is 0 Å². The smallest absolute Gasteiger partial charge is 0.163 e. The molecule has 0 radical (unpaired) electrons. The molecule has 1 saturated carbocycles. The summed E-state index contributed by atoms with van der Waals surface area (Å²) in [4.78, 5) is 13.3. The van der Waals surface area contributed by atoms with Crippen molar-refractivity contribution in [1.29, 1.82) is 0 Å². The van der Waals surface area contributed by atoms with Crippen molar-refractivity contribution >= 4 is 11.4 Å². The molecule has 1 N–H and O–H groups in total. The fourth-order valence-corrected chi connectivity index (χ4v) is 5.16. The Hall–Kier alpha value is -2.23. The minimum atomic E-state index is 0.264. The maximum absolute atomic E-state index is 13.3. The van der Waals surface area contributed by atoms with Gasteiger partial charge in [0.05, 0.1) is 0 Å². The molecule has 0 spiro atoms. The number of unbranched alkanes of at least 4 members (excludes halogenated alkanes) is 1. The molecule has 0 heterocycles. The fourth-order valence-electron chi connectivity index (χ4n) is 5.16. The number of Topliss-reactive ketones (excluding diaryl/α,β-unsaturated/α-hetero) is 1. The molecule has 0 aliphatic heterocycles. The van der Waals surface area contributed by atoms with Gasteiger partial charge in [-0.3, -0.25) is 4.79 Å². The molecule has 0 aromatic heterocycles. The molecule has 3 nitrogen and oxygen atoms in total. The van der Waals surface area contributed by atoms with Crippen LogP contribution in [0.15, 0.2) is 60.7 Å². The summed E-state index contributed by atoms with van der Waals surface area (Å²) in [7, 11) is 3.74. The minimum Gasteiger partial charge on any atom is -0.385 e. The molecule has 0 saturated heterocycles. The highest BCUT2D eigenvalue weighted by molar-refractivity contribution is 5.97. The summed E-state index contributed by atoms with van der Waals surface area (Å²) in [5.74, 6) is 1.46. The summed E-state index contributed by atoms with van der Waals surface area (Å²) in [6, 6.07) is 18.7. The number of carbonyl (C=O) groups is 1. The first-order valence-electron chi connectivity index (χ1n) is 12.7. The van der Waals surface area contributed by atoms with Crippen LogP contribution in [0.3, 0.4) is 0 Å². The summed E-state index contributed by atoms with van der Waals surface area (Å²) in [6.45, 7) is 1.67. The van der Waals surface area contributed by atoms with Gasteiger partial charge in [-0.15, -0.1) is 0 Å². The average Bonchev–Trinajstić information content (AvgIpc) is 2.85. The fraction of sp³-hybridized carbons (Fsp3) is 0.500. The van der Waals surface area contributed by atoms with Crippen LogP contribution >= 0.6 is 0 Å². The maximum atomic E-state index is 13.3. The van der Waals surface area contributed by atoms with Crippen molar-refractivity contribution in [2.24, 2.45) is 11.8 Å². The Balaban J connectivity index is 1.75. The van der Waals surface area contributed by atoms with Crippen molar-refractivity contribution in [3.63, 3.8) is 0 Å². The van der Waals surface area contributed by atoms with E-state index in [0.29, 0.717) is 12.3 Å². The number of methoxy groups -OCH3 is 1. The lowest BCUT2D eigenvalue weighted by molar-refractivity contribution is 0.0951. The van der Waals surface area contributed by atoms with Crippen LogP contribution in [0.4, 0.5) is 0 Å². The van der Waals surface area contributed by atoms with Gasteiger partial charge in [0.2, 0.25) is 0 Å². The van der Waals surface area contributed by atoms with Crippen molar-refractivity contribution in [3.8, 4) is 0 Å². The second-order valence-corrected chi connectivity index (χ2v) is 9.49. The van der Waals surface area contributed by atoms with Crippen molar-refractivity contribution in [1.82, 2.24) is 5.32 Å². The molecule has 0 bridgehead atoms. The molecule has 1 atom stereocenters. The SMILES string of the molecule is CNC[C@@H](CC(=O)c1cccc(/C(=C\CCCOC)c2ccccc2)c1)CC1CCCCC1. The van der Waals surface area contributed by atoms with Crippen LogP contribution in [0.1, 0.15) is 79.3 Å². The van der Waals surface area contributed by atoms with Crippen molar-refractivity contribution in [3.05, 3.63) is 77.4 Å². The third kappa shape index (κ3) is 8.24. The van der Waals surface area contributed by atoms with Gasteiger partial charge in [0, 0.05) is 25.7 Å².